The van der Waals surface area contributed by atoms with Crippen molar-refractivity contribution in [3.63, 3.8) is 0 Å². The van der Waals surface area contributed by atoms with Crippen molar-refractivity contribution in [2.45, 2.75) is 29.6 Å². The molecule has 1 fully saturated rings. The summed E-state index contributed by atoms with van der Waals surface area (Å²) >= 11 is 12.1. The van der Waals surface area contributed by atoms with Crippen LogP contribution in [0.15, 0.2) is 46.2 Å². The largest absolute Gasteiger partial charge is 0.326 e. The zero-order valence-electron chi connectivity index (χ0n) is 18.4. The summed E-state index contributed by atoms with van der Waals surface area (Å²) in [5.74, 6) is -0.991. The Kier molecular flexibility index (Phi) is 7.77. The second kappa shape index (κ2) is 9.89. The van der Waals surface area contributed by atoms with Gasteiger partial charge < -0.3 is 5.32 Å². The van der Waals surface area contributed by atoms with Crippen molar-refractivity contribution >= 4 is 54.8 Å². The van der Waals surface area contributed by atoms with Gasteiger partial charge >= 0.3 is 0 Å². The standard InChI is InChI=1S/C21H25Cl2N3O5S2/c1-14-6-8-17(32(28,29)25(2)3)12-19(14)24-21(27)15-5-4-10-26(13-15)33(30,31)20-11-16(22)7-9-18(20)23/h6-9,11-12,15H,4-5,10,13H2,1-3H3,(H,24,27)/t15-/m0/s1. The molecule has 180 valence electrons. The lowest BCUT2D eigenvalue weighted by Crippen LogP contribution is -2.43. The van der Waals surface area contributed by atoms with Crippen LogP contribution >= 0.6 is 23.2 Å². The number of nitrogens with one attached hydrogen (secondary N) is 1. The highest BCUT2D eigenvalue weighted by molar-refractivity contribution is 7.89. The molecule has 8 nitrogen and oxygen atoms in total. The Morgan fingerprint density at radius 3 is 2.45 bits per heavy atom. The Balaban J connectivity index is 1.81. The van der Waals surface area contributed by atoms with Gasteiger partial charge in [-0.3, -0.25) is 4.79 Å². The minimum atomic E-state index is -3.95. The fourth-order valence-electron chi connectivity index (χ4n) is 3.53. The number of aryl methyl sites for hydroxylation is 1. The number of halogens is 2. The number of piperidine rings is 1. The quantitative estimate of drug-likeness (QED) is 0.610. The molecule has 2 aromatic carbocycles. The van der Waals surface area contributed by atoms with Gasteiger partial charge in [0.15, 0.2) is 0 Å². The number of carbonyl (C=O) groups is 1. The second-order valence-corrected chi connectivity index (χ2v) is 12.9. The zero-order valence-corrected chi connectivity index (χ0v) is 21.5. The van der Waals surface area contributed by atoms with Crippen LogP contribution in [0.1, 0.15) is 18.4 Å². The first kappa shape index (κ1) is 25.9. The molecule has 1 heterocycles. The third-order valence-corrected chi connectivity index (χ3v) is 9.90. The van der Waals surface area contributed by atoms with E-state index in [1.165, 1.54) is 48.7 Å². The second-order valence-electron chi connectivity index (χ2n) is 8.03. The van der Waals surface area contributed by atoms with Crippen LogP contribution in [0.4, 0.5) is 5.69 Å². The highest BCUT2D eigenvalue weighted by Crippen LogP contribution is 2.31. The molecule has 1 aliphatic heterocycles. The number of carbonyl (C=O) groups excluding carboxylic acids is 1. The number of hydrogen-bond acceptors (Lipinski definition) is 5. The Labute approximate surface area is 204 Å². The number of anilines is 1. The molecule has 1 atom stereocenters. The number of rotatable bonds is 6. The van der Waals surface area contributed by atoms with Gasteiger partial charge in [-0.05, 0) is 55.7 Å². The number of benzene rings is 2. The predicted molar refractivity (Wildman–Crippen MR) is 129 cm³/mol. The summed E-state index contributed by atoms with van der Waals surface area (Å²) in [5.41, 5.74) is 1.05. The van der Waals surface area contributed by atoms with Crippen LogP contribution < -0.4 is 5.32 Å². The van der Waals surface area contributed by atoms with E-state index in [2.05, 4.69) is 5.32 Å². The number of amides is 1. The smallest absolute Gasteiger partial charge is 0.244 e. The Morgan fingerprint density at radius 2 is 1.79 bits per heavy atom. The van der Waals surface area contributed by atoms with E-state index in [1.807, 2.05) is 0 Å². The molecule has 0 aliphatic carbocycles. The first-order chi connectivity index (χ1) is 15.3. The summed E-state index contributed by atoms with van der Waals surface area (Å²) in [7, 11) is -4.76. The van der Waals surface area contributed by atoms with Crippen LogP contribution in [0.5, 0.6) is 0 Å². The van der Waals surface area contributed by atoms with E-state index in [-0.39, 0.29) is 38.8 Å². The van der Waals surface area contributed by atoms with Crippen molar-refractivity contribution in [2.75, 3.05) is 32.5 Å². The molecular formula is C21H25Cl2N3O5S2. The van der Waals surface area contributed by atoms with Crippen LogP contribution in [-0.2, 0) is 24.8 Å². The lowest BCUT2D eigenvalue weighted by atomic mass is 9.98. The minimum absolute atomic E-state index is 0.0221. The molecule has 2 aromatic rings. The normalized spacial score (nSPS) is 17.8. The minimum Gasteiger partial charge on any atom is -0.326 e. The molecular weight excluding hydrogens is 509 g/mol. The molecule has 0 unspecified atom stereocenters. The molecule has 1 amide bonds. The molecule has 1 saturated heterocycles. The van der Waals surface area contributed by atoms with Gasteiger partial charge in [-0.25, -0.2) is 21.1 Å². The molecule has 0 bridgehead atoms. The van der Waals surface area contributed by atoms with E-state index in [0.29, 0.717) is 24.1 Å². The van der Waals surface area contributed by atoms with Gasteiger partial charge in [0.1, 0.15) is 4.90 Å². The molecule has 1 N–H and O–H groups in total. The fraction of sp³-hybridized carbons (Fsp3) is 0.381. The molecule has 0 radical (unpaired) electrons. The topological polar surface area (TPSA) is 104 Å². The van der Waals surface area contributed by atoms with Crippen molar-refractivity contribution in [3.05, 3.63) is 52.0 Å². The van der Waals surface area contributed by atoms with Gasteiger partial charge in [0.25, 0.3) is 0 Å². The summed E-state index contributed by atoms with van der Waals surface area (Å²) in [6.07, 6.45) is 0.986. The van der Waals surface area contributed by atoms with Crippen LogP contribution in [0, 0.1) is 12.8 Å². The van der Waals surface area contributed by atoms with Crippen molar-refractivity contribution in [3.8, 4) is 0 Å². The van der Waals surface area contributed by atoms with Gasteiger partial charge in [-0.15, -0.1) is 0 Å². The third kappa shape index (κ3) is 5.52. The monoisotopic (exact) mass is 533 g/mol. The average Bonchev–Trinajstić information content (AvgIpc) is 2.76. The molecule has 0 saturated carbocycles. The molecule has 12 heteroatoms. The van der Waals surface area contributed by atoms with Gasteiger partial charge in [0.05, 0.1) is 15.8 Å². The number of hydrogen-bond donors (Lipinski definition) is 1. The summed E-state index contributed by atoms with van der Waals surface area (Å²) in [5, 5.41) is 3.07. The van der Waals surface area contributed by atoms with E-state index < -0.39 is 26.0 Å². The van der Waals surface area contributed by atoms with Crippen molar-refractivity contribution in [1.82, 2.24) is 8.61 Å². The Morgan fingerprint density at radius 1 is 1.09 bits per heavy atom. The lowest BCUT2D eigenvalue weighted by Gasteiger charge is -2.31. The maximum atomic E-state index is 13.1. The fourth-order valence-corrected chi connectivity index (χ4v) is 6.72. The van der Waals surface area contributed by atoms with Gasteiger partial charge in [-0.2, -0.15) is 4.31 Å². The average molecular weight is 534 g/mol. The Bertz CT molecular complexity index is 1280. The van der Waals surface area contributed by atoms with Crippen molar-refractivity contribution in [2.24, 2.45) is 5.92 Å². The molecule has 1 aliphatic rings. The SMILES string of the molecule is Cc1ccc(S(=O)(=O)N(C)C)cc1NC(=O)[C@H]1CCCN(S(=O)(=O)c2cc(Cl)ccc2Cl)C1. The first-order valence-electron chi connectivity index (χ1n) is 10.1. The lowest BCUT2D eigenvalue weighted by molar-refractivity contribution is -0.120. The number of nitrogens with zero attached hydrogens (tertiary/aromatic N) is 2. The Hall–Kier alpha value is -1.69. The zero-order chi connectivity index (χ0) is 24.6. The van der Waals surface area contributed by atoms with Crippen LogP contribution in [-0.4, -0.2) is 58.5 Å². The van der Waals surface area contributed by atoms with E-state index in [9.17, 15) is 21.6 Å². The predicted octanol–water partition coefficient (Wildman–Crippen LogP) is 3.59. The van der Waals surface area contributed by atoms with Gasteiger partial charge in [-0.1, -0.05) is 29.3 Å². The van der Waals surface area contributed by atoms with Crippen LogP contribution in [0.3, 0.4) is 0 Å². The maximum absolute atomic E-state index is 13.1. The van der Waals surface area contributed by atoms with Crippen LogP contribution in [0.2, 0.25) is 10.0 Å². The van der Waals surface area contributed by atoms with E-state index >= 15 is 0 Å². The summed E-state index contributed by atoms with van der Waals surface area (Å²) in [6, 6.07) is 8.72. The summed E-state index contributed by atoms with van der Waals surface area (Å²) in [6.45, 7) is 1.98. The van der Waals surface area contributed by atoms with E-state index in [4.69, 9.17) is 23.2 Å². The van der Waals surface area contributed by atoms with E-state index in [0.717, 1.165) is 4.31 Å². The molecule has 3 rings (SSSR count). The summed E-state index contributed by atoms with van der Waals surface area (Å²) < 4.78 is 53.5. The van der Waals surface area contributed by atoms with Gasteiger partial charge in [0, 0.05) is 37.9 Å². The van der Waals surface area contributed by atoms with Crippen molar-refractivity contribution < 1.29 is 21.6 Å². The molecule has 0 aromatic heterocycles. The summed E-state index contributed by atoms with van der Waals surface area (Å²) in [4.78, 5) is 13.0. The molecule has 33 heavy (non-hydrogen) atoms. The highest BCUT2D eigenvalue weighted by Gasteiger charge is 2.34. The van der Waals surface area contributed by atoms with Crippen molar-refractivity contribution in [1.29, 1.82) is 0 Å². The molecule has 0 spiro atoms. The first-order valence-corrected chi connectivity index (χ1v) is 13.8. The highest BCUT2D eigenvalue weighted by atomic mass is 35.5. The van der Waals surface area contributed by atoms with Crippen LogP contribution in [0.25, 0.3) is 0 Å². The van der Waals surface area contributed by atoms with Gasteiger partial charge in [0.2, 0.25) is 26.0 Å². The maximum Gasteiger partial charge on any atom is 0.244 e. The van der Waals surface area contributed by atoms with E-state index in [1.54, 1.807) is 13.0 Å². The number of sulfonamides is 2. The third-order valence-electron chi connectivity index (χ3n) is 5.51.